The summed E-state index contributed by atoms with van der Waals surface area (Å²) in [6.07, 6.45) is -0.317. The summed E-state index contributed by atoms with van der Waals surface area (Å²) < 4.78 is 9.26. The summed E-state index contributed by atoms with van der Waals surface area (Å²) in [7, 11) is 2.45. The van der Waals surface area contributed by atoms with Gasteiger partial charge in [0.1, 0.15) is 0 Å². The van der Waals surface area contributed by atoms with Crippen LogP contribution in [0.4, 0.5) is 5.69 Å². The first-order valence-corrected chi connectivity index (χ1v) is 8.22. The first kappa shape index (κ1) is 19.8. The van der Waals surface area contributed by atoms with Gasteiger partial charge in [0.25, 0.3) is 0 Å². The maximum absolute atomic E-state index is 11.9. The highest BCUT2D eigenvalue weighted by atomic mass is 16.5. The third kappa shape index (κ3) is 6.07. The number of aliphatic imine (C=N–C) groups is 1. The van der Waals surface area contributed by atoms with Crippen molar-refractivity contribution in [1.82, 2.24) is 5.43 Å². The molecule has 2 aromatic carbocycles. The molecule has 0 atom stereocenters. The molecule has 0 bridgehead atoms. The Morgan fingerprint density at radius 3 is 2.22 bits per heavy atom. The summed E-state index contributed by atoms with van der Waals surface area (Å²) in [5.74, 6) is -0.904. The number of carbonyl (C=O) groups is 2. The smallest absolute Gasteiger partial charge is 0.354 e. The van der Waals surface area contributed by atoms with Crippen LogP contribution in [0.5, 0.6) is 0 Å². The fourth-order valence-electron chi connectivity index (χ4n) is 2.10. The number of benzene rings is 2. The van der Waals surface area contributed by atoms with Crippen molar-refractivity contribution >= 4 is 29.2 Å². The summed E-state index contributed by atoms with van der Waals surface area (Å²) >= 11 is 0. The van der Waals surface area contributed by atoms with Crippen molar-refractivity contribution in [2.45, 2.75) is 13.3 Å². The molecule has 7 heteroatoms. The lowest BCUT2D eigenvalue weighted by molar-refractivity contribution is -0.140. The average Bonchev–Trinajstić information content (AvgIpc) is 2.71. The monoisotopic (exact) mass is 367 g/mol. The van der Waals surface area contributed by atoms with Gasteiger partial charge in [0.2, 0.25) is 0 Å². The van der Waals surface area contributed by atoms with E-state index >= 15 is 0 Å². The van der Waals surface area contributed by atoms with E-state index in [0.717, 1.165) is 16.8 Å². The minimum absolute atomic E-state index is 0.114. The standard InChI is InChI=1S/C20H21N3O4/c1-14-9-11-16(12-10-14)21-19(15-7-5-4-6-8-15)23-22-17(20(25)27-3)13-18(24)26-2/h4-12H,13H2,1-3H3,(H,21,23)/b22-17+. The lowest BCUT2D eigenvalue weighted by atomic mass is 10.2. The van der Waals surface area contributed by atoms with E-state index in [0.29, 0.717) is 5.84 Å². The molecule has 0 spiro atoms. The van der Waals surface area contributed by atoms with Gasteiger partial charge in [-0.3, -0.25) is 10.2 Å². The van der Waals surface area contributed by atoms with Crippen molar-refractivity contribution in [2.24, 2.45) is 10.1 Å². The van der Waals surface area contributed by atoms with Crippen LogP contribution in [0.3, 0.4) is 0 Å². The molecule has 0 aromatic heterocycles. The Kier molecular flexibility index (Phi) is 7.25. The molecule has 0 amide bonds. The van der Waals surface area contributed by atoms with Gasteiger partial charge in [-0.1, -0.05) is 48.0 Å². The predicted molar refractivity (Wildman–Crippen MR) is 103 cm³/mol. The van der Waals surface area contributed by atoms with E-state index in [9.17, 15) is 9.59 Å². The molecule has 0 saturated heterocycles. The van der Waals surface area contributed by atoms with Gasteiger partial charge in [-0.2, -0.15) is 5.10 Å². The molecule has 2 rings (SSSR count). The number of rotatable bonds is 6. The van der Waals surface area contributed by atoms with Gasteiger partial charge in [0.05, 0.1) is 26.3 Å². The van der Waals surface area contributed by atoms with Gasteiger partial charge < -0.3 is 9.47 Å². The number of nitrogens with one attached hydrogen (secondary N) is 1. The van der Waals surface area contributed by atoms with E-state index < -0.39 is 11.9 Å². The van der Waals surface area contributed by atoms with Crippen molar-refractivity contribution in [3.8, 4) is 0 Å². The minimum Gasteiger partial charge on any atom is -0.469 e. The van der Waals surface area contributed by atoms with Crippen LogP contribution in [-0.2, 0) is 19.1 Å². The van der Waals surface area contributed by atoms with Crippen molar-refractivity contribution < 1.29 is 19.1 Å². The minimum atomic E-state index is -0.726. The van der Waals surface area contributed by atoms with E-state index in [1.807, 2.05) is 61.5 Å². The van der Waals surface area contributed by atoms with Crippen LogP contribution >= 0.6 is 0 Å². The molecule has 0 unspecified atom stereocenters. The second-order valence-corrected chi connectivity index (χ2v) is 5.58. The van der Waals surface area contributed by atoms with Gasteiger partial charge in [-0.25, -0.2) is 9.79 Å². The van der Waals surface area contributed by atoms with Crippen LogP contribution in [0.15, 0.2) is 64.7 Å². The molecular weight excluding hydrogens is 346 g/mol. The highest BCUT2D eigenvalue weighted by Crippen LogP contribution is 2.14. The van der Waals surface area contributed by atoms with Crippen LogP contribution in [0.25, 0.3) is 0 Å². The summed E-state index contributed by atoms with van der Waals surface area (Å²) in [5, 5.41) is 4.03. The number of hydrogen-bond donors (Lipinski definition) is 1. The summed E-state index contributed by atoms with van der Waals surface area (Å²) in [6.45, 7) is 1.99. The molecule has 0 fully saturated rings. The van der Waals surface area contributed by atoms with Crippen molar-refractivity contribution in [2.75, 3.05) is 14.2 Å². The topological polar surface area (TPSA) is 89.4 Å². The van der Waals surface area contributed by atoms with Crippen LogP contribution in [-0.4, -0.2) is 37.7 Å². The Labute approximate surface area is 157 Å². The fraction of sp³-hybridized carbons (Fsp3) is 0.200. The number of carbonyl (C=O) groups excluding carboxylic acids is 2. The largest absolute Gasteiger partial charge is 0.469 e. The van der Waals surface area contributed by atoms with Crippen molar-refractivity contribution in [3.63, 3.8) is 0 Å². The van der Waals surface area contributed by atoms with Crippen molar-refractivity contribution in [3.05, 3.63) is 65.7 Å². The third-order valence-corrected chi connectivity index (χ3v) is 3.58. The second kappa shape index (κ2) is 9.86. The Balaban J connectivity index is 2.36. The molecule has 0 aliphatic heterocycles. The Bertz CT molecular complexity index is 843. The van der Waals surface area contributed by atoms with Crippen LogP contribution < -0.4 is 5.43 Å². The van der Waals surface area contributed by atoms with Gasteiger partial charge in [0.15, 0.2) is 11.5 Å². The quantitative estimate of drug-likeness (QED) is 0.367. The summed E-state index contributed by atoms with van der Waals surface area (Å²) in [4.78, 5) is 27.9. The van der Waals surface area contributed by atoms with Crippen molar-refractivity contribution in [1.29, 1.82) is 0 Å². The normalized spacial score (nSPS) is 11.7. The molecule has 0 aliphatic carbocycles. The number of aryl methyl sites for hydroxylation is 1. The van der Waals surface area contributed by atoms with Crippen LogP contribution in [0.1, 0.15) is 17.5 Å². The number of esters is 2. The molecule has 7 nitrogen and oxygen atoms in total. The molecule has 2 aromatic rings. The van der Waals surface area contributed by atoms with E-state index in [4.69, 9.17) is 0 Å². The average molecular weight is 367 g/mol. The Morgan fingerprint density at radius 1 is 0.963 bits per heavy atom. The van der Waals surface area contributed by atoms with E-state index in [1.54, 1.807) is 0 Å². The van der Waals surface area contributed by atoms with Gasteiger partial charge >= 0.3 is 11.9 Å². The number of methoxy groups -OCH3 is 2. The maximum Gasteiger partial charge on any atom is 0.354 e. The molecule has 140 valence electrons. The first-order chi connectivity index (χ1) is 13.0. The number of hydrogen-bond acceptors (Lipinski definition) is 6. The fourth-order valence-corrected chi connectivity index (χ4v) is 2.10. The molecule has 0 heterocycles. The SMILES string of the molecule is COC(=O)C/C(=N\NC(=Nc1ccc(C)cc1)c1ccccc1)C(=O)OC. The number of amidine groups is 1. The van der Waals surface area contributed by atoms with Crippen LogP contribution in [0.2, 0.25) is 0 Å². The Morgan fingerprint density at radius 2 is 1.63 bits per heavy atom. The number of ether oxygens (including phenoxy) is 2. The van der Waals surface area contributed by atoms with Gasteiger partial charge in [-0.15, -0.1) is 0 Å². The van der Waals surface area contributed by atoms with E-state index in [1.165, 1.54) is 14.2 Å². The zero-order chi connectivity index (χ0) is 19.6. The van der Waals surface area contributed by atoms with E-state index in [2.05, 4.69) is 25.0 Å². The molecular formula is C20H21N3O4. The van der Waals surface area contributed by atoms with Crippen LogP contribution in [0, 0.1) is 6.92 Å². The zero-order valence-electron chi connectivity index (χ0n) is 15.4. The second-order valence-electron chi connectivity index (χ2n) is 5.58. The number of hydrazone groups is 1. The lowest BCUT2D eigenvalue weighted by Crippen LogP contribution is -2.27. The lowest BCUT2D eigenvalue weighted by Gasteiger charge is -2.09. The first-order valence-electron chi connectivity index (χ1n) is 8.22. The predicted octanol–water partition coefficient (Wildman–Crippen LogP) is 2.76. The maximum atomic E-state index is 11.9. The zero-order valence-corrected chi connectivity index (χ0v) is 15.4. The highest BCUT2D eigenvalue weighted by molar-refractivity contribution is 6.39. The molecule has 27 heavy (non-hydrogen) atoms. The Hall–Kier alpha value is -3.48. The summed E-state index contributed by atoms with van der Waals surface area (Å²) in [6, 6.07) is 17.0. The number of nitrogens with zero attached hydrogens (tertiary/aromatic N) is 2. The summed E-state index contributed by atoms with van der Waals surface area (Å²) in [5.41, 5.74) is 5.26. The van der Waals surface area contributed by atoms with Gasteiger partial charge in [-0.05, 0) is 19.1 Å². The highest BCUT2D eigenvalue weighted by Gasteiger charge is 2.17. The molecule has 0 aliphatic rings. The molecule has 1 N–H and O–H groups in total. The third-order valence-electron chi connectivity index (χ3n) is 3.58. The van der Waals surface area contributed by atoms with Gasteiger partial charge in [0, 0.05) is 5.56 Å². The van der Waals surface area contributed by atoms with E-state index in [-0.39, 0.29) is 12.1 Å². The molecule has 0 saturated carbocycles. The molecule has 0 radical (unpaired) electrons.